The van der Waals surface area contributed by atoms with Gasteiger partial charge in [0.15, 0.2) is 5.13 Å². The summed E-state index contributed by atoms with van der Waals surface area (Å²) in [6.45, 7) is 0.847. The second-order valence-corrected chi connectivity index (χ2v) is 7.75. The van der Waals surface area contributed by atoms with Crippen LogP contribution in [0.5, 0.6) is 5.75 Å². The maximum Gasteiger partial charge on any atom is 0.573 e. The third kappa shape index (κ3) is 5.80. The largest absolute Gasteiger partial charge is 0.573 e. The summed E-state index contributed by atoms with van der Waals surface area (Å²) in [5.41, 5.74) is 0.461. The number of carbonyl (C=O) groups excluding carboxylic acids is 2. The number of nitrogens with one attached hydrogen (secondary N) is 2. The molecule has 1 fully saturated rings. The van der Waals surface area contributed by atoms with Crippen molar-refractivity contribution < 1.29 is 27.5 Å². The van der Waals surface area contributed by atoms with E-state index in [1.165, 1.54) is 18.2 Å². The summed E-state index contributed by atoms with van der Waals surface area (Å²) in [7, 11) is 1.70. The molecule has 29 heavy (non-hydrogen) atoms. The van der Waals surface area contributed by atoms with Crippen molar-refractivity contribution in [3.63, 3.8) is 0 Å². The number of anilines is 1. The van der Waals surface area contributed by atoms with Gasteiger partial charge >= 0.3 is 6.36 Å². The van der Waals surface area contributed by atoms with Crippen LogP contribution in [0.15, 0.2) is 18.2 Å². The Hall–Kier alpha value is -2.40. The van der Waals surface area contributed by atoms with E-state index in [4.69, 9.17) is 0 Å². The highest BCUT2D eigenvalue weighted by Gasteiger charge is 2.31. The second kappa shape index (κ2) is 8.95. The zero-order chi connectivity index (χ0) is 21.0. The van der Waals surface area contributed by atoms with Crippen molar-refractivity contribution in [3.8, 4) is 5.75 Å². The first-order valence-electron chi connectivity index (χ1n) is 9.15. The lowest BCUT2D eigenvalue weighted by atomic mass is 9.99. The van der Waals surface area contributed by atoms with Crippen LogP contribution >= 0.6 is 11.3 Å². The molecule has 0 radical (unpaired) electrons. The number of ether oxygens (including phenoxy) is 1. The summed E-state index contributed by atoms with van der Waals surface area (Å²) in [6, 6.07) is 3.64. The minimum atomic E-state index is -4.77. The van der Waals surface area contributed by atoms with E-state index in [0.717, 1.165) is 30.6 Å². The van der Waals surface area contributed by atoms with Crippen molar-refractivity contribution in [2.45, 2.75) is 38.1 Å². The Bertz CT molecular complexity index is 887. The van der Waals surface area contributed by atoms with Crippen LogP contribution in [0.1, 0.15) is 25.7 Å². The Morgan fingerprint density at radius 1 is 1.34 bits per heavy atom. The normalized spacial score (nSPS) is 17.4. The molecule has 1 aliphatic rings. The van der Waals surface area contributed by atoms with Gasteiger partial charge in [-0.2, -0.15) is 0 Å². The number of carbonyl (C=O) groups is 2. The van der Waals surface area contributed by atoms with E-state index in [1.54, 1.807) is 11.9 Å². The van der Waals surface area contributed by atoms with Crippen LogP contribution < -0.4 is 15.4 Å². The van der Waals surface area contributed by atoms with Crippen molar-refractivity contribution in [1.29, 1.82) is 0 Å². The van der Waals surface area contributed by atoms with Gasteiger partial charge in [-0.1, -0.05) is 11.3 Å². The van der Waals surface area contributed by atoms with Gasteiger partial charge in [-0.3, -0.25) is 9.59 Å². The molecular formula is C18H21F3N4O3S. The monoisotopic (exact) mass is 430 g/mol. The molecule has 158 valence electrons. The van der Waals surface area contributed by atoms with Gasteiger partial charge in [0.25, 0.3) is 0 Å². The summed E-state index contributed by atoms with van der Waals surface area (Å²) in [6.07, 6.45) is -2.02. The van der Waals surface area contributed by atoms with Gasteiger partial charge in [-0.05, 0) is 38.4 Å². The first-order chi connectivity index (χ1) is 13.7. The predicted molar refractivity (Wildman–Crippen MR) is 103 cm³/mol. The summed E-state index contributed by atoms with van der Waals surface area (Å²) >= 11 is 1.06. The van der Waals surface area contributed by atoms with Crippen molar-refractivity contribution in [1.82, 2.24) is 15.2 Å². The number of benzene rings is 1. The zero-order valence-corrected chi connectivity index (χ0v) is 16.5. The number of alkyl halides is 3. The highest BCUT2D eigenvalue weighted by atomic mass is 32.1. The summed E-state index contributed by atoms with van der Waals surface area (Å²) < 4.78 is 41.4. The molecule has 3 rings (SSSR count). The van der Waals surface area contributed by atoms with Crippen LogP contribution in [0.2, 0.25) is 0 Å². The molecule has 0 saturated carbocycles. The zero-order valence-electron chi connectivity index (χ0n) is 15.7. The Labute approximate surface area is 169 Å². The maximum atomic E-state index is 12.5. The predicted octanol–water partition coefficient (Wildman–Crippen LogP) is 3.12. The molecule has 0 bridgehead atoms. The highest BCUT2D eigenvalue weighted by molar-refractivity contribution is 7.22. The minimum Gasteiger partial charge on any atom is -0.406 e. The highest BCUT2D eigenvalue weighted by Crippen LogP contribution is 2.32. The van der Waals surface area contributed by atoms with Gasteiger partial charge in [0.1, 0.15) is 5.75 Å². The Morgan fingerprint density at radius 2 is 2.14 bits per heavy atom. The number of likely N-dealkylation sites (tertiary alicyclic amines) is 1. The van der Waals surface area contributed by atoms with Crippen LogP contribution in [0.25, 0.3) is 10.2 Å². The van der Waals surface area contributed by atoms with Gasteiger partial charge in [-0.15, -0.1) is 13.2 Å². The fourth-order valence-corrected chi connectivity index (χ4v) is 4.24. The van der Waals surface area contributed by atoms with Crippen molar-refractivity contribution in [2.75, 3.05) is 25.5 Å². The average Bonchev–Trinajstić information content (AvgIpc) is 3.02. The number of likely N-dealkylation sites (N-methyl/N-ethyl adjacent to an activating group) is 1. The van der Waals surface area contributed by atoms with E-state index in [0.29, 0.717) is 16.8 Å². The van der Waals surface area contributed by atoms with Gasteiger partial charge < -0.3 is 20.3 Å². The molecular weight excluding hydrogens is 409 g/mol. The Morgan fingerprint density at radius 3 is 2.86 bits per heavy atom. The van der Waals surface area contributed by atoms with E-state index >= 15 is 0 Å². The molecule has 11 heteroatoms. The standard InChI is InChI=1S/C18H21F3N4O3S/c1-22-10-16(27)25-7-3-2-4-11(25)8-15(26)24-17-23-13-6-5-12(9-14(13)29-17)28-18(19,20)21/h5-6,9,11,22H,2-4,7-8,10H2,1H3,(H,23,24,26)/t11-/m1/s1. The number of rotatable bonds is 6. The van der Waals surface area contributed by atoms with E-state index in [1.807, 2.05) is 0 Å². The molecule has 1 atom stereocenters. The molecule has 1 saturated heterocycles. The number of halogens is 3. The summed E-state index contributed by atoms with van der Waals surface area (Å²) in [5.74, 6) is -0.667. The topological polar surface area (TPSA) is 83.6 Å². The van der Waals surface area contributed by atoms with Crippen molar-refractivity contribution >= 4 is 38.5 Å². The first kappa shape index (κ1) is 21.3. The second-order valence-electron chi connectivity index (χ2n) is 6.72. The van der Waals surface area contributed by atoms with Gasteiger partial charge in [0.05, 0.1) is 16.8 Å². The molecule has 7 nitrogen and oxygen atoms in total. The van der Waals surface area contributed by atoms with Crippen LogP contribution in [-0.2, 0) is 9.59 Å². The molecule has 0 aliphatic carbocycles. The molecule has 2 amide bonds. The number of aromatic nitrogens is 1. The fraction of sp³-hybridized carbons (Fsp3) is 0.500. The fourth-order valence-electron chi connectivity index (χ4n) is 3.33. The van der Waals surface area contributed by atoms with Crippen LogP contribution in [0, 0.1) is 0 Å². The smallest absolute Gasteiger partial charge is 0.406 e. The lowest BCUT2D eigenvalue weighted by Crippen LogP contribution is -2.48. The van der Waals surface area contributed by atoms with E-state index < -0.39 is 6.36 Å². The number of amides is 2. The Balaban J connectivity index is 1.65. The van der Waals surface area contributed by atoms with E-state index in [2.05, 4.69) is 20.4 Å². The number of thiazole rings is 1. The molecule has 2 heterocycles. The lowest BCUT2D eigenvalue weighted by molar-refractivity contribution is -0.274. The minimum absolute atomic E-state index is 0.0396. The van der Waals surface area contributed by atoms with E-state index in [9.17, 15) is 22.8 Å². The van der Waals surface area contributed by atoms with Gasteiger partial charge in [0, 0.05) is 25.1 Å². The van der Waals surface area contributed by atoms with Crippen molar-refractivity contribution in [2.24, 2.45) is 0 Å². The molecule has 1 aromatic carbocycles. The SMILES string of the molecule is CNCC(=O)N1CCCC[C@@H]1CC(=O)Nc1nc2ccc(OC(F)(F)F)cc2s1. The molecule has 1 aromatic heterocycles. The number of fused-ring (bicyclic) bond motifs is 1. The lowest BCUT2D eigenvalue weighted by Gasteiger charge is -2.35. The number of hydrogen-bond acceptors (Lipinski definition) is 6. The third-order valence-electron chi connectivity index (χ3n) is 4.54. The number of nitrogens with zero attached hydrogens (tertiary/aromatic N) is 2. The molecule has 0 spiro atoms. The van der Waals surface area contributed by atoms with Crippen molar-refractivity contribution in [3.05, 3.63) is 18.2 Å². The number of piperidine rings is 1. The average molecular weight is 430 g/mol. The maximum absolute atomic E-state index is 12.5. The third-order valence-corrected chi connectivity index (χ3v) is 5.47. The van der Waals surface area contributed by atoms with Crippen LogP contribution in [-0.4, -0.2) is 54.2 Å². The molecule has 1 aliphatic heterocycles. The quantitative estimate of drug-likeness (QED) is 0.736. The first-order valence-corrected chi connectivity index (χ1v) is 9.97. The van der Waals surface area contributed by atoms with E-state index in [-0.39, 0.29) is 41.7 Å². The van der Waals surface area contributed by atoms with Crippen LogP contribution in [0.4, 0.5) is 18.3 Å². The van der Waals surface area contributed by atoms with Crippen LogP contribution in [0.3, 0.4) is 0 Å². The molecule has 2 N–H and O–H groups in total. The van der Waals surface area contributed by atoms with Gasteiger partial charge in [0.2, 0.25) is 11.8 Å². The molecule has 2 aromatic rings. The molecule has 0 unspecified atom stereocenters. The van der Waals surface area contributed by atoms with Gasteiger partial charge in [-0.25, -0.2) is 4.98 Å². The summed E-state index contributed by atoms with van der Waals surface area (Å²) in [5, 5.41) is 5.81. The summed E-state index contributed by atoms with van der Waals surface area (Å²) in [4.78, 5) is 30.7. The number of hydrogen-bond donors (Lipinski definition) is 2. The Kier molecular flexibility index (Phi) is 6.58.